The van der Waals surface area contributed by atoms with Crippen molar-refractivity contribution < 1.29 is 0 Å². The molecule has 2 aromatic rings. The molecule has 118 valence electrons. The van der Waals surface area contributed by atoms with Gasteiger partial charge in [0.05, 0.1) is 17.4 Å². The van der Waals surface area contributed by atoms with Gasteiger partial charge in [0.25, 0.3) is 0 Å². The number of rotatable bonds is 2. The SMILES string of the molecule is c1ccc(CNC2=Nc3ncncc3NC23CCCCC3)cc1. The molecule has 2 aliphatic rings. The van der Waals surface area contributed by atoms with Gasteiger partial charge >= 0.3 is 0 Å². The summed E-state index contributed by atoms with van der Waals surface area (Å²) < 4.78 is 0. The summed E-state index contributed by atoms with van der Waals surface area (Å²) in [5, 5.41) is 7.25. The average Bonchev–Trinajstić information content (AvgIpc) is 2.61. The van der Waals surface area contributed by atoms with Gasteiger partial charge in [-0.05, 0) is 18.4 Å². The van der Waals surface area contributed by atoms with E-state index in [1.807, 2.05) is 12.3 Å². The second kappa shape index (κ2) is 5.99. The van der Waals surface area contributed by atoms with E-state index in [0.29, 0.717) is 0 Å². The molecule has 0 atom stereocenters. The molecule has 1 aromatic carbocycles. The van der Waals surface area contributed by atoms with Crippen LogP contribution in [0.2, 0.25) is 0 Å². The summed E-state index contributed by atoms with van der Waals surface area (Å²) in [6.45, 7) is 0.781. The van der Waals surface area contributed by atoms with Crippen LogP contribution in [-0.4, -0.2) is 21.3 Å². The average molecular weight is 307 g/mol. The molecule has 0 amide bonds. The van der Waals surface area contributed by atoms with Gasteiger partial charge < -0.3 is 10.6 Å². The number of benzene rings is 1. The van der Waals surface area contributed by atoms with Crippen LogP contribution in [0.25, 0.3) is 0 Å². The van der Waals surface area contributed by atoms with Gasteiger partial charge in [-0.15, -0.1) is 0 Å². The molecule has 0 bridgehead atoms. The quantitative estimate of drug-likeness (QED) is 0.892. The Balaban J connectivity index is 1.63. The summed E-state index contributed by atoms with van der Waals surface area (Å²) in [5.74, 6) is 1.75. The van der Waals surface area contributed by atoms with E-state index in [2.05, 4.69) is 44.9 Å². The number of hydrogen-bond donors (Lipinski definition) is 2. The molecule has 1 aliphatic carbocycles. The highest BCUT2D eigenvalue weighted by Gasteiger charge is 2.40. The molecule has 2 heterocycles. The Bertz CT molecular complexity index is 704. The summed E-state index contributed by atoms with van der Waals surface area (Å²) in [6.07, 6.45) is 9.33. The molecule has 5 nitrogen and oxygen atoms in total. The maximum Gasteiger partial charge on any atom is 0.180 e. The molecular formula is C18H21N5. The fourth-order valence-electron chi connectivity index (χ4n) is 3.54. The second-order valence-electron chi connectivity index (χ2n) is 6.33. The van der Waals surface area contributed by atoms with Gasteiger partial charge in [-0.2, -0.15) is 0 Å². The van der Waals surface area contributed by atoms with Crippen LogP contribution in [0, 0.1) is 0 Å². The lowest BCUT2D eigenvalue weighted by molar-refractivity contribution is 0.396. The van der Waals surface area contributed by atoms with Gasteiger partial charge in [-0.3, -0.25) is 0 Å². The second-order valence-corrected chi connectivity index (χ2v) is 6.33. The summed E-state index contributed by atoms with van der Waals surface area (Å²) >= 11 is 0. The van der Waals surface area contributed by atoms with E-state index in [0.717, 1.165) is 36.7 Å². The third kappa shape index (κ3) is 2.79. The lowest BCUT2D eigenvalue weighted by Crippen LogP contribution is -2.54. The number of aliphatic imine (C=N–C) groups is 1. The first-order valence-corrected chi connectivity index (χ1v) is 8.31. The summed E-state index contributed by atoms with van der Waals surface area (Å²) in [4.78, 5) is 13.3. The van der Waals surface area contributed by atoms with Gasteiger partial charge in [0.2, 0.25) is 0 Å². The molecule has 1 spiro atoms. The minimum atomic E-state index is -0.0925. The molecule has 1 aliphatic heterocycles. The zero-order valence-corrected chi connectivity index (χ0v) is 13.1. The Morgan fingerprint density at radius 1 is 1.09 bits per heavy atom. The van der Waals surface area contributed by atoms with Crippen LogP contribution in [0.3, 0.4) is 0 Å². The van der Waals surface area contributed by atoms with E-state index in [1.165, 1.54) is 24.8 Å². The number of amidine groups is 1. The molecule has 0 saturated heterocycles. The zero-order chi connectivity index (χ0) is 15.5. The normalized spacial score (nSPS) is 18.7. The third-order valence-electron chi connectivity index (χ3n) is 4.75. The molecule has 5 heteroatoms. The molecule has 2 N–H and O–H groups in total. The van der Waals surface area contributed by atoms with Crippen molar-refractivity contribution in [3.63, 3.8) is 0 Å². The van der Waals surface area contributed by atoms with Crippen LogP contribution in [0.4, 0.5) is 11.5 Å². The van der Waals surface area contributed by atoms with Crippen molar-refractivity contribution in [1.29, 1.82) is 0 Å². The molecule has 1 saturated carbocycles. The number of nitrogens with zero attached hydrogens (tertiary/aromatic N) is 3. The Hall–Kier alpha value is -2.43. The first-order valence-electron chi connectivity index (χ1n) is 8.31. The number of fused-ring (bicyclic) bond motifs is 1. The maximum atomic E-state index is 4.83. The van der Waals surface area contributed by atoms with Crippen molar-refractivity contribution >= 4 is 17.3 Å². The molecule has 0 radical (unpaired) electrons. The molecule has 1 aromatic heterocycles. The lowest BCUT2D eigenvalue weighted by atomic mass is 9.79. The Morgan fingerprint density at radius 3 is 2.74 bits per heavy atom. The van der Waals surface area contributed by atoms with E-state index in [1.54, 1.807) is 6.33 Å². The van der Waals surface area contributed by atoms with Gasteiger partial charge in [0.1, 0.15) is 12.2 Å². The van der Waals surface area contributed by atoms with Gasteiger partial charge in [-0.1, -0.05) is 49.6 Å². The summed E-state index contributed by atoms with van der Waals surface area (Å²) in [7, 11) is 0. The Kier molecular flexibility index (Phi) is 3.69. The first-order chi connectivity index (χ1) is 11.4. The fraction of sp³-hybridized carbons (Fsp3) is 0.389. The minimum Gasteiger partial charge on any atom is -0.368 e. The summed E-state index contributed by atoms with van der Waals surface area (Å²) in [6, 6.07) is 10.4. The van der Waals surface area contributed by atoms with Gasteiger partial charge in [-0.25, -0.2) is 15.0 Å². The van der Waals surface area contributed by atoms with Crippen LogP contribution < -0.4 is 10.6 Å². The van der Waals surface area contributed by atoms with E-state index in [-0.39, 0.29) is 5.54 Å². The Morgan fingerprint density at radius 2 is 1.91 bits per heavy atom. The largest absolute Gasteiger partial charge is 0.368 e. The van der Waals surface area contributed by atoms with E-state index < -0.39 is 0 Å². The predicted molar refractivity (Wildman–Crippen MR) is 91.8 cm³/mol. The van der Waals surface area contributed by atoms with Crippen LogP contribution in [0.1, 0.15) is 37.7 Å². The molecule has 1 fully saturated rings. The molecule has 0 unspecified atom stereocenters. The van der Waals surface area contributed by atoms with Crippen LogP contribution in [-0.2, 0) is 6.54 Å². The van der Waals surface area contributed by atoms with Crippen LogP contribution in [0.15, 0.2) is 47.8 Å². The first kappa shape index (κ1) is 14.2. The van der Waals surface area contributed by atoms with Crippen LogP contribution in [0.5, 0.6) is 0 Å². The van der Waals surface area contributed by atoms with Crippen molar-refractivity contribution in [2.75, 3.05) is 5.32 Å². The highest BCUT2D eigenvalue weighted by atomic mass is 15.2. The van der Waals surface area contributed by atoms with Crippen molar-refractivity contribution in [2.24, 2.45) is 4.99 Å². The standard InChI is InChI=1S/C18H21N5/c1-3-7-14(8-4-1)11-20-17-18(9-5-2-6-10-18)23-15-12-19-13-21-16(15)22-17/h1,3-4,7-8,12-13,23H,2,5-6,9-11H2,(H,19,20,21,22). The van der Waals surface area contributed by atoms with Gasteiger partial charge in [0, 0.05) is 6.54 Å². The van der Waals surface area contributed by atoms with E-state index >= 15 is 0 Å². The number of nitrogens with one attached hydrogen (secondary N) is 2. The predicted octanol–water partition coefficient (Wildman–Crippen LogP) is 3.42. The smallest absolute Gasteiger partial charge is 0.180 e. The maximum absolute atomic E-state index is 4.83. The number of anilines is 1. The Labute approximate surface area is 136 Å². The topological polar surface area (TPSA) is 62.2 Å². The lowest BCUT2D eigenvalue weighted by Gasteiger charge is -2.42. The van der Waals surface area contributed by atoms with Crippen molar-refractivity contribution in [2.45, 2.75) is 44.2 Å². The van der Waals surface area contributed by atoms with E-state index in [9.17, 15) is 0 Å². The van der Waals surface area contributed by atoms with Crippen molar-refractivity contribution in [3.05, 3.63) is 48.4 Å². The monoisotopic (exact) mass is 307 g/mol. The highest BCUT2D eigenvalue weighted by Crippen LogP contribution is 2.38. The molecular weight excluding hydrogens is 286 g/mol. The van der Waals surface area contributed by atoms with Crippen molar-refractivity contribution in [1.82, 2.24) is 15.3 Å². The molecule has 4 rings (SSSR count). The highest BCUT2D eigenvalue weighted by molar-refractivity contribution is 5.99. The van der Waals surface area contributed by atoms with Crippen molar-refractivity contribution in [3.8, 4) is 0 Å². The number of hydrogen-bond acceptors (Lipinski definition) is 5. The van der Waals surface area contributed by atoms with Gasteiger partial charge in [0.15, 0.2) is 5.82 Å². The molecule has 23 heavy (non-hydrogen) atoms. The number of aromatic nitrogens is 2. The van der Waals surface area contributed by atoms with Crippen LogP contribution >= 0.6 is 0 Å². The fourth-order valence-corrected chi connectivity index (χ4v) is 3.54. The third-order valence-corrected chi connectivity index (χ3v) is 4.75. The van der Waals surface area contributed by atoms with E-state index in [4.69, 9.17) is 4.99 Å². The minimum absolute atomic E-state index is 0.0925. The zero-order valence-electron chi connectivity index (χ0n) is 13.1. The summed E-state index contributed by atoms with van der Waals surface area (Å²) in [5.41, 5.74) is 2.11.